The third-order valence-electron chi connectivity index (χ3n) is 0.850. The van der Waals surface area contributed by atoms with E-state index in [0.717, 1.165) is 6.92 Å². The monoisotopic (exact) mass is 233 g/mol. The molecule has 0 aliphatic heterocycles. The van der Waals surface area contributed by atoms with Crippen LogP contribution in [0.25, 0.3) is 0 Å². The van der Waals surface area contributed by atoms with Gasteiger partial charge in [0.2, 0.25) is 10.4 Å². The number of amides is 1. The fraction of sp³-hybridized carbons (Fsp3) is 0.600. The summed E-state index contributed by atoms with van der Waals surface area (Å²) >= 11 is 3.07. The summed E-state index contributed by atoms with van der Waals surface area (Å²) < 4.78 is 35.1. The van der Waals surface area contributed by atoms with Gasteiger partial charge in [-0.15, -0.1) is 0 Å². The van der Waals surface area contributed by atoms with Crippen molar-refractivity contribution in [3.63, 3.8) is 0 Å². The second kappa shape index (κ2) is 4.75. The van der Waals surface area contributed by atoms with Gasteiger partial charge in [-0.05, 0) is 11.8 Å². The quantitative estimate of drug-likeness (QED) is 0.564. The van der Waals surface area contributed by atoms with Gasteiger partial charge in [0.15, 0.2) is 5.37 Å². The van der Waals surface area contributed by atoms with E-state index in [1.807, 2.05) is 0 Å². The molecule has 0 radical (unpaired) electrons. The smallest absolute Gasteiger partial charge is 0.336 e. The molecule has 76 valence electrons. The highest BCUT2D eigenvalue weighted by Crippen LogP contribution is 2.29. The lowest BCUT2D eigenvalue weighted by Crippen LogP contribution is -2.42. The number of hydrogen-bond acceptors (Lipinski definition) is 3. The summed E-state index contributed by atoms with van der Waals surface area (Å²) in [6.07, 6.45) is -4.66. The number of hydrogen-bond donors (Lipinski definition) is 2. The second-order valence-electron chi connectivity index (χ2n) is 2.01. The van der Waals surface area contributed by atoms with Gasteiger partial charge in [0.05, 0.1) is 0 Å². The van der Waals surface area contributed by atoms with Crippen molar-refractivity contribution in [3.05, 3.63) is 0 Å². The van der Waals surface area contributed by atoms with Crippen LogP contribution < -0.4 is 5.32 Å². The molecule has 0 saturated heterocycles. The summed E-state index contributed by atoms with van der Waals surface area (Å²) in [6, 6.07) is 0. The van der Waals surface area contributed by atoms with Crippen molar-refractivity contribution in [1.29, 1.82) is 0 Å². The highest BCUT2D eigenvalue weighted by Gasteiger charge is 2.41. The lowest BCUT2D eigenvalue weighted by molar-refractivity contribution is -0.143. The van der Waals surface area contributed by atoms with E-state index in [1.165, 1.54) is 0 Å². The minimum atomic E-state index is -4.66. The predicted molar refractivity (Wildman–Crippen MR) is 45.6 cm³/mol. The normalized spacial score (nSPS) is 13.6. The highest BCUT2D eigenvalue weighted by molar-refractivity contribution is 8.32. The molecule has 1 N–H and O–H groups in total. The molecule has 0 fully saturated rings. The first-order valence-electron chi connectivity index (χ1n) is 2.97. The number of rotatable bonds is 2. The summed E-state index contributed by atoms with van der Waals surface area (Å²) in [6.45, 7) is 0.933. The van der Waals surface area contributed by atoms with Crippen LogP contribution in [-0.4, -0.2) is 21.9 Å². The van der Waals surface area contributed by atoms with E-state index >= 15 is 0 Å². The van der Waals surface area contributed by atoms with Crippen molar-refractivity contribution in [2.45, 2.75) is 18.5 Å². The first kappa shape index (κ1) is 12.6. The van der Waals surface area contributed by atoms with Crippen LogP contribution in [0.4, 0.5) is 18.0 Å². The molecule has 0 aromatic rings. The van der Waals surface area contributed by atoms with Crippen molar-refractivity contribution >= 4 is 34.7 Å². The van der Waals surface area contributed by atoms with Crippen LogP contribution in [-0.2, 0) is 4.79 Å². The average Bonchev–Trinajstić information content (AvgIpc) is 1.81. The largest absolute Gasteiger partial charge is 0.418 e. The maximum atomic E-state index is 12.0. The zero-order valence-corrected chi connectivity index (χ0v) is 8.09. The van der Waals surface area contributed by atoms with E-state index in [-0.39, 0.29) is 11.8 Å². The molecule has 1 unspecified atom stereocenters. The number of halogens is 3. The summed E-state index contributed by atoms with van der Waals surface area (Å²) in [5, 5.41) is -0.646. The van der Waals surface area contributed by atoms with Gasteiger partial charge >= 0.3 is 6.18 Å². The molecule has 0 heterocycles. The molecule has 0 aliphatic rings. The number of alkyl halides is 3. The van der Waals surface area contributed by atoms with Crippen LogP contribution >= 0.6 is 24.4 Å². The molecule has 13 heavy (non-hydrogen) atoms. The predicted octanol–water partition coefficient (Wildman–Crippen LogP) is 1.79. The maximum absolute atomic E-state index is 12.0. The fourth-order valence-corrected chi connectivity index (χ4v) is 1.34. The number of nitrogens with one attached hydrogen (secondary N) is 1. The Morgan fingerprint density at radius 3 is 2.15 bits per heavy atom. The second-order valence-corrected chi connectivity index (χ2v) is 3.79. The minimum Gasteiger partial charge on any atom is -0.336 e. The van der Waals surface area contributed by atoms with Crippen LogP contribution in [0.3, 0.4) is 0 Å². The van der Waals surface area contributed by atoms with Crippen molar-refractivity contribution in [2.75, 3.05) is 0 Å². The SMILES string of the molecule is CC(=O)NC(SC(=O)S)C(F)(F)F. The van der Waals surface area contributed by atoms with E-state index in [2.05, 4.69) is 12.6 Å². The molecule has 3 nitrogen and oxygen atoms in total. The molecular formula is C5H6F3NO2S2. The third-order valence-corrected chi connectivity index (χ3v) is 1.99. The van der Waals surface area contributed by atoms with Crippen LogP contribution in [0.5, 0.6) is 0 Å². The zero-order chi connectivity index (χ0) is 10.6. The number of thioether (sulfide) groups is 1. The topological polar surface area (TPSA) is 46.2 Å². The van der Waals surface area contributed by atoms with Gasteiger partial charge in [-0.25, -0.2) is 0 Å². The molecule has 0 rings (SSSR count). The third kappa shape index (κ3) is 5.81. The Labute approximate surface area is 81.8 Å². The Balaban J connectivity index is 4.37. The van der Waals surface area contributed by atoms with Crippen molar-refractivity contribution < 1.29 is 22.8 Å². The van der Waals surface area contributed by atoms with E-state index in [4.69, 9.17) is 0 Å². The first-order valence-corrected chi connectivity index (χ1v) is 4.29. The molecule has 0 aromatic heterocycles. The molecule has 0 bridgehead atoms. The molecule has 0 saturated carbocycles. The molecular weight excluding hydrogens is 227 g/mol. The highest BCUT2D eigenvalue weighted by atomic mass is 32.2. The lowest BCUT2D eigenvalue weighted by Gasteiger charge is -2.18. The van der Waals surface area contributed by atoms with E-state index in [0.29, 0.717) is 0 Å². The summed E-state index contributed by atoms with van der Waals surface area (Å²) in [5.74, 6) is -0.857. The van der Waals surface area contributed by atoms with Gasteiger partial charge in [0.25, 0.3) is 0 Å². The van der Waals surface area contributed by atoms with Gasteiger partial charge in [0, 0.05) is 6.92 Å². The Morgan fingerprint density at radius 2 is 1.92 bits per heavy atom. The van der Waals surface area contributed by atoms with Gasteiger partial charge in [0.1, 0.15) is 0 Å². The fourth-order valence-electron chi connectivity index (χ4n) is 0.464. The Morgan fingerprint density at radius 1 is 1.46 bits per heavy atom. The van der Waals surface area contributed by atoms with Crippen LogP contribution in [0.1, 0.15) is 6.92 Å². The van der Waals surface area contributed by atoms with Crippen LogP contribution in [0.15, 0.2) is 0 Å². The average molecular weight is 233 g/mol. The number of carbonyl (C=O) groups excluding carboxylic acids is 2. The van der Waals surface area contributed by atoms with E-state index in [1.54, 1.807) is 5.32 Å². The molecule has 8 heteroatoms. The summed E-state index contributed by atoms with van der Waals surface area (Å²) in [7, 11) is 0. The van der Waals surface area contributed by atoms with Crippen molar-refractivity contribution in [3.8, 4) is 0 Å². The number of carbonyl (C=O) groups is 2. The van der Waals surface area contributed by atoms with Crippen LogP contribution in [0, 0.1) is 0 Å². The van der Waals surface area contributed by atoms with Crippen LogP contribution in [0.2, 0.25) is 0 Å². The molecule has 0 aliphatic carbocycles. The van der Waals surface area contributed by atoms with Gasteiger partial charge in [-0.3, -0.25) is 9.59 Å². The van der Waals surface area contributed by atoms with Gasteiger partial charge in [-0.1, -0.05) is 12.6 Å². The van der Waals surface area contributed by atoms with E-state index < -0.39 is 21.9 Å². The maximum Gasteiger partial charge on any atom is 0.418 e. The lowest BCUT2D eigenvalue weighted by atomic mass is 10.6. The zero-order valence-electron chi connectivity index (χ0n) is 6.38. The van der Waals surface area contributed by atoms with Gasteiger partial charge in [-0.2, -0.15) is 13.2 Å². The molecule has 0 spiro atoms. The first-order chi connectivity index (χ1) is 5.73. The minimum absolute atomic E-state index is 0.0968. The molecule has 0 aromatic carbocycles. The molecule has 1 atom stereocenters. The summed E-state index contributed by atoms with van der Waals surface area (Å²) in [4.78, 5) is 20.6. The number of thiol groups is 1. The van der Waals surface area contributed by atoms with E-state index in [9.17, 15) is 22.8 Å². The Hall–Kier alpha value is -0.370. The van der Waals surface area contributed by atoms with Crippen molar-refractivity contribution in [2.24, 2.45) is 0 Å². The standard InChI is InChI=1S/C5H6F3NO2S2/c1-2(10)9-3(5(6,7)8)13-4(11)12/h3H,1H3,(H,9,10)(H,11,12). The Bertz CT molecular complexity index is 202. The van der Waals surface area contributed by atoms with Gasteiger partial charge < -0.3 is 5.32 Å². The Kier molecular flexibility index (Phi) is 4.62. The molecule has 1 amide bonds. The van der Waals surface area contributed by atoms with Crippen molar-refractivity contribution in [1.82, 2.24) is 5.32 Å². The summed E-state index contributed by atoms with van der Waals surface area (Å²) in [5.41, 5.74) is 0.